The molecule has 0 heterocycles. The molecule has 0 bridgehead atoms. The van der Waals surface area contributed by atoms with Crippen LogP contribution in [0.1, 0.15) is 43.2 Å². The quantitative estimate of drug-likeness (QED) is 0.776. The Morgan fingerprint density at radius 2 is 2.07 bits per heavy atom. The Hall–Kier alpha value is -0.157. The van der Waals surface area contributed by atoms with Gasteiger partial charge in [0.2, 0.25) is 0 Å². The van der Waals surface area contributed by atoms with Gasteiger partial charge >= 0.3 is 102 Å². The van der Waals surface area contributed by atoms with Crippen LogP contribution in [0.5, 0.6) is 0 Å². The molecule has 0 radical (unpaired) electrons. The van der Waals surface area contributed by atoms with Crippen molar-refractivity contribution in [1.29, 1.82) is 0 Å². The summed E-state index contributed by atoms with van der Waals surface area (Å²) in [5, 5.41) is 0. The predicted molar refractivity (Wildman–Crippen MR) is 56.7 cm³/mol. The van der Waals surface area contributed by atoms with E-state index in [9.17, 15) is 0 Å². The van der Waals surface area contributed by atoms with Crippen LogP contribution in [0, 0.1) is 0 Å². The van der Waals surface area contributed by atoms with Crippen LogP contribution >= 0.6 is 0 Å². The molecule has 1 atom stereocenters. The van der Waals surface area contributed by atoms with Gasteiger partial charge < -0.3 is 0 Å². The molecule has 2 rings (SSSR count). The van der Waals surface area contributed by atoms with Crippen molar-refractivity contribution in [3.05, 3.63) is 38.7 Å². The summed E-state index contributed by atoms with van der Waals surface area (Å²) in [5.41, 5.74) is 3.02. The van der Waals surface area contributed by atoms with E-state index in [1.54, 1.807) is 33.6 Å². The SMILES string of the molecule is CCCCC1[C]([Zr])=Cc2ccccc21. The molecule has 1 heteroatoms. The van der Waals surface area contributed by atoms with Gasteiger partial charge in [0.15, 0.2) is 0 Å². The first-order chi connectivity index (χ1) is 6.83. The van der Waals surface area contributed by atoms with E-state index in [1.165, 1.54) is 24.8 Å². The van der Waals surface area contributed by atoms with E-state index in [2.05, 4.69) is 37.3 Å². The fraction of sp³-hybridized carbons (Fsp3) is 0.385. The number of hydrogen-bond donors (Lipinski definition) is 0. The molecule has 1 unspecified atom stereocenters. The minimum atomic E-state index is 0.740. The van der Waals surface area contributed by atoms with Crippen LogP contribution < -0.4 is 0 Å². The summed E-state index contributed by atoms with van der Waals surface area (Å²) < 4.78 is 1.63. The van der Waals surface area contributed by atoms with Crippen LogP contribution in [-0.2, 0) is 24.7 Å². The average Bonchev–Trinajstić information content (AvgIpc) is 2.51. The monoisotopic (exact) mass is 261 g/mol. The van der Waals surface area contributed by atoms with Gasteiger partial charge in [-0.25, -0.2) is 0 Å². The first kappa shape index (κ1) is 10.4. The zero-order chi connectivity index (χ0) is 9.97. The van der Waals surface area contributed by atoms with E-state index < -0.39 is 0 Å². The molecule has 1 aliphatic rings. The van der Waals surface area contributed by atoms with Crippen molar-refractivity contribution in [2.24, 2.45) is 0 Å². The van der Waals surface area contributed by atoms with Gasteiger partial charge in [0.25, 0.3) is 0 Å². The number of unbranched alkanes of at least 4 members (excludes halogenated alkanes) is 1. The summed E-state index contributed by atoms with van der Waals surface area (Å²) in [7, 11) is 0. The summed E-state index contributed by atoms with van der Waals surface area (Å²) in [4.78, 5) is 0. The third-order valence-corrected chi connectivity index (χ3v) is 4.12. The zero-order valence-corrected chi connectivity index (χ0v) is 11.0. The second-order valence-corrected chi connectivity index (χ2v) is 5.34. The van der Waals surface area contributed by atoms with E-state index in [0.29, 0.717) is 0 Å². The summed E-state index contributed by atoms with van der Waals surface area (Å²) >= 11 is 1.59. The number of benzene rings is 1. The van der Waals surface area contributed by atoms with Gasteiger partial charge in [-0.2, -0.15) is 0 Å². The number of fused-ring (bicyclic) bond motifs is 1. The Bertz CT molecular complexity index is 352. The molecule has 0 aliphatic heterocycles. The average molecular weight is 262 g/mol. The summed E-state index contributed by atoms with van der Waals surface area (Å²) in [6, 6.07) is 8.84. The van der Waals surface area contributed by atoms with Crippen molar-refractivity contribution in [3.8, 4) is 0 Å². The minimum absolute atomic E-state index is 0.740. The Morgan fingerprint density at radius 3 is 2.86 bits per heavy atom. The molecule has 71 valence electrons. The molecule has 0 saturated carbocycles. The molecule has 0 saturated heterocycles. The number of rotatable bonds is 3. The van der Waals surface area contributed by atoms with Crippen molar-refractivity contribution in [3.63, 3.8) is 0 Å². The first-order valence-corrected chi connectivity index (χ1v) is 6.58. The van der Waals surface area contributed by atoms with Gasteiger partial charge in [0.1, 0.15) is 0 Å². The number of allylic oxidation sites excluding steroid dienone is 1. The number of hydrogen-bond acceptors (Lipinski definition) is 0. The van der Waals surface area contributed by atoms with Gasteiger partial charge in [0.05, 0.1) is 0 Å². The molecule has 0 nitrogen and oxygen atoms in total. The second-order valence-electron chi connectivity index (χ2n) is 3.92. The Labute approximate surface area is 101 Å². The van der Waals surface area contributed by atoms with E-state index in [-0.39, 0.29) is 0 Å². The van der Waals surface area contributed by atoms with Crippen molar-refractivity contribution >= 4 is 6.08 Å². The van der Waals surface area contributed by atoms with Crippen LogP contribution in [0.15, 0.2) is 27.5 Å². The van der Waals surface area contributed by atoms with Gasteiger partial charge in [0, 0.05) is 0 Å². The third-order valence-electron chi connectivity index (χ3n) is 2.90. The molecule has 0 aromatic heterocycles. The van der Waals surface area contributed by atoms with Crippen LogP contribution in [0.4, 0.5) is 0 Å². The van der Waals surface area contributed by atoms with Crippen LogP contribution in [0.2, 0.25) is 0 Å². The van der Waals surface area contributed by atoms with Crippen molar-refractivity contribution < 1.29 is 24.7 Å². The van der Waals surface area contributed by atoms with Gasteiger partial charge in [-0.05, 0) is 0 Å². The molecular formula is C13H15Zr. The van der Waals surface area contributed by atoms with Crippen LogP contribution in [0.3, 0.4) is 0 Å². The molecule has 14 heavy (non-hydrogen) atoms. The summed E-state index contributed by atoms with van der Waals surface area (Å²) in [5.74, 6) is 0.740. The molecule has 0 amide bonds. The van der Waals surface area contributed by atoms with Crippen molar-refractivity contribution in [2.75, 3.05) is 0 Å². The van der Waals surface area contributed by atoms with E-state index >= 15 is 0 Å². The first-order valence-electron chi connectivity index (χ1n) is 5.35. The third kappa shape index (κ3) is 1.93. The fourth-order valence-corrected chi connectivity index (χ4v) is 3.23. The molecule has 1 aliphatic carbocycles. The van der Waals surface area contributed by atoms with Gasteiger partial charge in [-0.1, -0.05) is 0 Å². The Balaban J connectivity index is 2.23. The Morgan fingerprint density at radius 1 is 1.29 bits per heavy atom. The summed E-state index contributed by atoms with van der Waals surface area (Å²) in [6.45, 7) is 2.27. The van der Waals surface area contributed by atoms with Crippen molar-refractivity contribution in [2.45, 2.75) is 32.1 Å². The normalized spacial score (nSPS) is 19.1. The van der Waals surface area contributed by atoms with Gasteiger partial charge in [-0.15, -0.1) is 0 Å². The van der Waals surface area contributed by atoms with Crippen molar-refractivity contribution in [1.82, 2.24) is 0 Å². The topological polar surface area (TPSA) is 0 Å². The molecule has 1 aromatic rings. The van der Waals surface area contributed by atoms with Crippen LogP contribution in [-0.4, -0.2) is 0 Å². The fourth-order valence-electron chi connectivity index (χ4n) is 2.11. The second kappa shape index (κ2) is 4.57. The van der Waals surface area contributed by atoms with Gasteiger partial charge in [-0.3, -0.25) is 0 Å². The molecule has 0 fully saturated rings. The molecule has 0 N–H and O–H groups in total. The summed E-state index contributed by atoms with van der Waals surface area (Å²) in [6.07, 6.45) is 6.38. The Kier molecular flexibility index (Phi) is 3.39. The van der Waals surface area contributed by atoms with Crippen LogP contribution in [0.25, 0.3) is 6.08 Å². The predicted octanol–water partition coefficient (Wildman–Crippen LogP) is 3.86. The molecular weight excluding hydrogens is 247 g/mol. The maximum atomic E-state index is 2.38. The van der Waals surface area contributed by atoms with E-state index in [1.807, 2.05) is 0 Å². The standard InChI is InChI=1S/C13H15.Zr/c1-2-3-6-11-9-10-12-7-4-5-8-13(11)12;/h4-5,7-8,10-11H,2-3,6H2,1H3;. The van der Waals surface area contributed by atoms with E-state index in [4.69, 9.17) is 0 Å². The molecule has 1 aromatic carbocycles. The molecule has 0 spiro atoms. The van der Waals surface area contributed by atoms with E-state index in [0.717, 1.165) is 5.92 Å². The maximum absolute atomic E-state index is 2.38. The zero-order valence-electron chi connectivity index (χ0n) is 8.59.